The topological polar surface area (TPSA) is 55.4 Å². The molecule has 0 radical (unpaired) electrons. The summed E-state index contributed by atoms with van der Waals surface area (Å²) >= 11 is 0. The minimum Gasteiger partial charge on any atom is -0.489 e. The minimum atomic E-state index is -0.626. The largest absolute Gasteiger partial charge is 0.489 e. The first kappa shape index (κ1) is 15.8. The van der Waals surface area contributed by atoms with Crippen molar-refractivity contribution in [2.45, 2.75) is 20.5 Å². The van der Waals surface area contributed by atoms with Gasteiger partial charge in [-0.15, -0.1) is 0 Å². The number of hydrogen-bond acceptors (Lipinski definition) is 3. The smallest absolute Gasteiger partial charge is 0.292 e. The van der Waals surface area contributed by atoms with E-state index >= 15 is 0 Å². The fraction of sp³-hybridized carbons (Fsp3) is 0.222. The third-order valence-electron chi connectivity index (χ3n) is 3.41. The number of benzene rings is 2. The lowest BCUT2D eigenvalue weighted by Gasteiger charge is -2.12. The zero-order chi connectivity index (χ0) is 16.1. The number of carbonyl (C=O) groups excluding carboxylic acids is 2. The van der Waals surface area contributed by atoms with E-state index in [2.05, 4.69) is 5.32 Å². The van der Waals surface area contributed by atoms with E-state index in [0.29, 0.717) is 11.1 Å². The lowest BCUT2D eigenvalue weighted by atomic mass is 10.0. The summed E-state index contributed by atoms with van der Waals surface area (Å²) in [5, 5.41) is 2.35. The van der Waals surface area contributed by atoms with Gasteiger partial charge < -0.3 is 10.1 Å². The van der Waals surface area contributed by atoms with E-state index in [-0.39, 0.29) is 6.61 Å². The highest BCUT2D eigenvalue weighted by atomic mass is 16.5. The van der Waals surface area contributed by atoms with Crippen LogP contribution in [0.2, 0.25) is 0 Å². The average Bonchev–Trinajstić information content (AvgIpc) is 2.53. The number of Topliss-reactive ketones (excluding diaryl/α,β-unsaturated/α-hetero) is 1. The SMILES string of the molecule is CNC(=O)C(=O)c1ccccc1COc1ccc(C)cc1C. The third-order valence-corrected chi connectivity index (χ3v) is 3.41. The summed E-state index contributed by atoms with van der Waals surface area (Å²) in [7, 11) is 1.44. The molecule has 22 heavy (non-hydrogen) atoms. The van der Waals surface area contributed by atoms with Crippen molar-refractivity contribution in [1.29, 1.82) is 0 Å². The van der Waals surface area contributed by atoms with Gasteiger partial charge in [-0.3, -0.25) is 9.59 Å². The lowest BCUT2D eigenvalue weighted by Crippen LogP contribution is -2.28. The number of ketones is 1. The maximum atomic E-state index is 12.1. The predicted octanol–water partition coefficient (Wildman–Crippen LogP) is 2.81. The molecule has 114 valence electrons. The normalized spacial score (nSPS) is 10.1. The van der Waals surface area contributed by atoms with Crippen molar-refractivity contribution >= 4 is 11.7 Å². The number of hydrogen-bond donors (Lipinski definition) is 1. The zero-order valence-corrected chi connectivity index (χ0v) is 13.0. The molecule has 0 aliphatic rings. The second-order valence-corrected chi connectivity index (χ2v) is 5.12. The molecule has 2 aromatic carbocycles. The zero-order valence-electron chi connectivity index (χ0n) is 13.0. The van der Waals surface area contributed by atoms with Crippen molar-refractivity contribution in [2.75, 3.05) is 7.05 Å². The Bertz CT molecular complexity index is 707. The maximum Gasteiger partial charge on any atom is 0.292 e. The van der Waals surface area contributed by atoms with Crippen LogP contribution in [0, 0.1) is 13.8 Å². The number of aryl methyl sites for hydroxylation is 2. The molecular formula is C18H19NO3. The number of carbonyl (C=O) groups is 2. The first-order valence-electron chi connectivity index (χ1n) is 7.07. The molecule has 0 unspecified atom stereocenters. The maximum absolute atomic E-state index is 12.1. The van der Waals surface area contributed by atoms with Gasteiger partial charge in [-0.25, -0.2) is 0 Å². The summed E-state index contributed by atoms with van der Waals surface area (Å²) in [6.07, 6.45) is 0. The van der Waals surface area contributed by atoms with Gasteiger partial charge in [0.1, 0.15) is 12.4 Å². The van der Waals surface area contributed by atoms with Crippen molar-refractivity contribution < 1.29 is 14.3 Å². The Morgan fingerprint density at radius 2 is 1.82 bits per heavy atom. The molecule has 0 aliphatic heterocycles. The first-order valence-corrected chi connectivity index (χ1v) is 7.07. The molecule has 2 rings (SSSR count). The van der Waals surface area contributed by atoms with E-state index in [4.69, 9.17) is 4.74 Å². The van der Waals surface area contributed by atoms with Crippen LogP contribution in [0.1, 0.15) is 27.0 Å². The molecule has 4 heteroatoms. The van der Waals surface area contributed by atoms with Crippen molar-refractivity contribution in [2.24, 2.45) is 0 Å². The highest BCUT2D eigenvalue weighted by molar-refractivity contribution is 6.43. The van der Waals surface area contributed by atoms with Crippen LogP contribution in [0.25, 0.3) is 0 Å². The second-order valence-electron chi connectivity index (χ2n) is 5.12. The van der Waals surface area contributed by atoms with Crippen LogP contribution in [0.5, 0.6) is 5.75 Å². The summed E-state index contributed by atoms with van der Waals surface area (Å²) in [4.78, 5) is 23.6. The molecule has 0 spiro atoms. The van der Waals surface area contributed by atoms with Crippen molar-refractivity contribution in [1.82, 2.24) is 5.32 Å². The van der Waals surface area contributed by atoms with E-state index in [1.54, 1.807) is 18.2 Å². The highest BCUT2D eigenvalue weighted by Gasteiger charge is 2.18. The third kappa shape index (κ3) is 3.52. The van der Waals surface area contributed by atoms with E-state index in [1.807, 2.05) is 38.1 Å². The molecule has 0 atom stereocenters. The predicted molar refractivity (Wildman–Crippen MR) is 85.1 cm³/mol. The molecule has 1 N–H and O–H groups in total. The summed E-state index contributed by atoms with van der Waals surface area (Å²) in [5.74, 6) is -0.408. The van der Waals surface area contributed by atoms with E-state index in [1.165, 1.54) is 12.6 Å². The molecular weight excluding hydrogens is 278 g/mol. The van der Waals surface area contributed by atoms with Crippen LogP contribution in [-0.2, 0) is 11.4 Å². The molecule has 1 amide bonds. The highest BCUT2D eigenvalue weighted by Crippen LogP contribution is 2.21. The summed E-state index contributed by atoms with van der Waals surface area (Å²) < 4.78 is 5.80. The van der Waals surface area contributed by atoms with Gasteiger partial charge in [0, 0.05) is 18.2 Å². The van der Waals surface area contributed by atoms with Crippen LogP contribution in [0.15, 0.2) is 42.5 Å². The van der Waals surface area contributed by atoms with Crippen molar-refractivity contribution in [3.05, 3.63) is 64.7 Å². The summed E-state index contributed by atoms with van der Waals surface area (Å²) in [6.45, 7) is 4.24. The van der Waals surface area contributed by atoms with Crippen LogP contribution >= 0.6 is 0 Å². The number of nitrogens with one attached hydrogen (secondary N) is 1. The molecule has 0 aliphatic carbocycles. The molecule has 0 heterocycles. The Morgan fingerprint density at radius 3 is 2.50 bits per heavy atom. The fourth-order valence-corrected chi connectivity index (χ4v) is 2.22. The summed E-state index contributed by atoms with van der Waals surface area (Å²) in [6, 6.07) is 12.9. The fourth-order valence-electron chi connectivity index (χ4n) is 2.22. The molecule has 0 fully saturated rings. The molecule has 0 aromatic heterocycles. The first-order chi connectivity index (χ1) is 10.5. The number of likely N-dealkylation sites (N-methyl/N-ethyl adjacent to an activating group) is 1. The Hall–Kier alpha value is -2.62. The van der Waals surface area contributed by atoms with Gasteiger partial charge in [0.15, 0.2) is 0 Å². The number of rotatable bonds is 5. The van der Waals surface area contributed by atoms with E-state index in [9.17, 15) is 9.59 Å². The van der Waals surface area contributed by atoms with Gasteiger partial charge in [0.25, 0.3) is 11.7 Å². The molecule has 2 aromatic rings. The quantitative estimate of drug-likeness (QED) is 0.682. The second kappa shape index (κ2) is 6.89. The Morgan fingerprint density at radius 1 is 1.09 bits per heavy atom. The Balaban J connectivity index is 2.20. The van der Waals surface area contributed by atoms with Gasteiger partial charge in [-0.1, -0.05) is 42.0 Å². The van der Waals surface area contributed by atoms with Gasteiger partial charge >= 0.3 is 0 Å². The Kier molecular flexibility index (Phi) is 4.94. The van der Waals surface area contributed by atoms with Gasteiger partial charge in [0.05, 0.1) is 0 Å². The van der Waals surface area contributed by atoms with Crippen LogP contribution < -0.4 is 10.1 Å². The van der Waals surface area contributed by atoms with E-state index in [0.717, 1.165) is 11.3 Å². The van der Waals surface area contributed by atoms with Crippen LogP contribution in [0.3, 0.4) is 0 Å². The number of ether oxygens (including phenoxy) is 1. The van der Waals surface area contributed by atoms with Crippen LogP contribution in [-0.4, -0.2) is 18.7 Å². The standard InChI is InChI=1S/C18H19NO3/c1-12-8-9-16(13(2)10-12)22-11-14-6-4-5-7-15(14)17(20)18(21)19-3/h4-10H,11H2,1-3H3,(H,19,21). The molecule has 0 saturated heterocycles. The monoisotopic (exact) mass is 297 g/mol. The number of amides is 1. The minimum absolute atomic E-state index is 0.239. The average molecular weight is 297 g/mol. The van der Waals surface area contributed by atoms with Gasteiger partial charge in [-0.05, 0) is 25.5 Å². The molecule has 4 nitrogen and oxygen atoms in total. The summed E-state index contributed by atoms with van der Waals surface area (Å²) in [5.41, 5.74) is 3.26. The van der Waals surface area contributed by atoms with E-state index < -0.39 is 11.7 Å². The van der Waals surface area contributed by atoms with Gasteiger partial charge in [-0.2, -0.15) is 0 Å². The van der Waals surface area contributed by atoms with Gasteiger partial charge in [0.2, 0.25) is 0 Å². The lowest BCUT2D eigenvalue weighted by molar-refractivity contribution is -0.116. The Labute approximate surface area is 130 Å². The van der Waals surface area contributed by atoms with Crippen molar-refractivity contribution in [3.8, 4) is 5.75 Å². The van der Waals surface area contributed by atoms with Crippen molar-refractivity contribution in [3.63, 3.8) is 0 Å². The molecule has 0 saturated carbocycles. The van der Waals surface area contributed by atoms with Crippen LogP contribution in [0.4, 0.5) is 0 Å². The molecule has 0 bridgehead atoms.